The molecule has 1 N–H and O–H groups in total. The molecule has 0 aromatic heterocycles. The Bertz CT molecular complexity index is 192. The van der Waals surface area contributed by atoms with Crippen LogP contribution in [0.25, 0.3) is 0 Å². The Balaban J connectivity index is 3.57. The predicted octanol–water partition coefficient (Wildman–Crippen LogP) is 2.18. The molecular weight excluding hydrogens is 200 g/mol. The lowest BCUT2D eigenvalue weighted by molar-refractivity contribution is -0.136. The zero-order valence-corrected chi connectivity index (χ0v) is 9.81. The first-order valence-corrected chi connectivity index (χ1v) is 6.55. The lowest BCUT2D eigenvalue weighted by atomic mass is 10.2. The summed E-state index contributed by atoms with van der Waals surface area (Å²) in [6.07, 6.45) is 4.40. The Morgan fingerprint density at radius 3 is 2.50 bits per heavy atom. The molecule has 84 valence electrons. The fraction of sp³-hybridized carbons (Fsp3) is 0.900. The molecule has 0 spiro atoms. The monoisotopic (exact) mass is 220 g/mol. The van der Waals surface area contributed by atoms with Gasteiger partial charge >= 0.3 is 5.97 Å². The normalized spacial score (nSPS) is 15.0. The van der Waals surface area contributed by atoms with Crippen LogP contribution in [0.4, 0.5) is 0 Å². The van der Waals surface area contributed by atoms with E-state index >= 15 is 0 Å². The van der Waals surface area contributed by atoms with Gasteiger partial charge in [-0.05, 0) is 6.42 Å². The SMILES string of the molecule is CCCCCCS(=O)C(C)CC(=O)O. The molecule has 0 saturated heterocycles. The molecule has 2 atom stereocenters. The quantitative estimate of drug-likeness (QED) is 0.638. The smallest absolute Gasteiger partial charge is 0.304 e. The number of carboxylic acids is 1. The minimum absolute atomic E-state index is 0.0143. The third-order valence-electron chi connectivity index (χ3n) is 2.11. The van der Waals surface area contributed by atoms with E-state index in [2.05, 4.69) is 6.92 Å². The molecular formula is C10H20O3S. The fourth-order valence-corrected chi connectivity index (χ4v) is 2.43. The topological polar surface area (TPSA) is 54.4 Å². The van der Waals surface area contributed by atoms with Crippen LogP contribution in [0.1, 0.15) is 46.0 Å². The van der Waals surface area contributed by atoms with E-state index in [9.17, 15) is 9.00 Å². The zero-order valence-electron chi connectivity index (χ0n) is 8.99. The molecule has 0 radical (unpaired) electrons. The van der Waals surface area contributed by atoms with E-state index in [4.69, 9.17) is 5.11 Å². The van der Waals surface area contributed by atoms with Crippen molar-refractivity contribution in [3.63, 3.8) is 0 Å². The van der Waals surface area contributed by atoms with E-state index in [1.54, 1.807) is 6.92 Å². The van der Waals surface area contributed by atoms with Crippen molar-refractivity contribution in [1.82, 2.24) is 0 Å². The molecule has 0 aliphatic carbocycles. The third-order valence-corrected chi connectivity index (χ3v) is 3.87. The second-order valence-corrected chi connectivity index (χ2v) is 5.53. The number of carbonyl (C=O) groups is 1. The number of carboxylic acid groups (broad SMARTS) is 1. The van der Waals surface area contributed by atoms with Crippen molar-refractivity contribution >= 4 is 16.8 Å². The van der Waals surface area contributed by atoms with Gasteiger partial charge in [0, 0.05) is 21.8 Å². The van der Waals surface area contributed by atoms with Crippen LogP contribution in [-0.2, 0) is 15.6 Å². The van der Waals surface area contributed by atoms with Crippen LogP contribution in [-0.4, -0.2) is 26.3 Å². The van der Waals surface area contributed by atoms with E-state index < -0.39 is 16.8 Å². The number of aliphatic carboxylic acids is 1. The summed E-state index contributed by atoms with van der Waals surface area (Å²) < 4.78 is 11.5. The van der Waals surface area contributed by atoms with Gasteiger partial charge in [0.15, 0.2) is 0 Å². The molecule has 0 amide bonds. The van der Waals surface area contributed by atoms with E-state index in [1.165, 1.54) is 6.42 Å². The van der Waals surface area contributed by atoms with E-state index in [0.717, 1.165) is 19.3 Å². The van der Waals surface area contributed by atoms with Gasteiger partial charge < -0.3 is 5.11 Å². The van der Waals surface area contributed by atoms with E-state index in [-0.39, 0.29) is 11.7 Å². The van der Waals surface area contributed by atoms with Crippen LogP contribution < -0.4 is 0 Å². The van der Waals surface area contributed by atoms with Gasteiger partial charge in [-0.2, -0.15) is 0 Å². The molecule has 14 heavy (non-hydrogen) atoms. The first-order valence-electron chi connectivity index (χ1n) is 5.17. The van der Waals surface area contributed by atoms with Gasteiger partial charge in [0.05, 0.1) is 6.42 Å². The van der Waals surface area contributed by atoms with Crippen molar-refractivity contribution < 1.29 is 14.1 Å². The van der Waals surface area contributed by atoms with Crippen LogP contribution in [0.15, 0.2) is 0 Å². The van der Waals surface area contributed by atoms with Crippen molar-refractivity contribution in [2.24, 2.45) is 0 Å². The molecule has 0 heterocycles. The van der Waals surface area contributed by atoms with Crippen molar-refractivity contribution in [1.29, 1.82) is 0 Å². The lowest BCUT2D eigenvalue weighted by Gasteiger charge is -2.08. The lowest BCUT2D eigenvalue weighted by Crippen LogP contribution is -2.18. The first-order chi connectivity index (χ1) is 6.57. The number of rotatable bonds is 8. The summed E-state index contributed by atoms with van der Waals surface area (Å²) in [5.41, 5.74) is 0. The Morgan fingerprint density at radius 1 is 1.36 bits per heavy atom. The second-order valence-electron chi connectivity index (χ2n) is 3.55. The van der Waals surface area contributed by atoms with Gasteiger partial charge in [0.2, 0.25) is 0 Å². The molecule has 4 heteroatoms. The van der Waals surface area contributed by atoms with Crippen LogP contribution >= 0.6 is 0 Å². The van der Waals surface area contributed by atoms with Gasteiger partial charge in [0.1, 0.15) is 0 Å². The van der Waals surface area contributed by atoms with Gasteiger partial charge in [-0.25, -0.2) is 0 Å². The Hall–Kier alpha value is -0.380. The van der Waals surface area contributed by atoms with Gasteiger partial charge in [0.25, 0.3) is 0 Å². The highest BCUT2D eigenvalue weighted by atomic mass is 32.2. The van der Waals surface area contributed by atoms with Crippen LogP contribution in [0.3, 0.4) is 0 Å². The summed E-state index contributed by atoms with van der Waals surface area (Å²) in [4.78, 5) is 10.4. The number of hydrogen-bond acceptors (Lipinski definition) is 2. The van der Waals surface area contributed by atoms with E-state index in [1.807, 2.05) is 0 Å². The zero-order chi connectivity index (χ0) is 11.0. The molecule has 0 aromatic carbocycles. The Kier molecular flexibility index (Phi) is 7.76. The molecule has 2 unspecified atom stereocenters. The molecule has 0 aliphatic rings. The van der Waals surface area contributed by atoms with Crippen molar-refractivity contribution in [2.45, 2.75) is 51.2 Å². The Morgan fingerprint density at radius 2 is 2.00 bits per heavy atom. The predicted molar refractivity (Wildman–Crippen MR) is 58.9 cm³/mol. The van der Waals surface area contributed by atoms with Crippen LogP contribution in [0, 0.1) is 0 Å². The largest absolute Gasteiger partial charge is 0.481 e. The molecule has 0 fully saturated rings. The summed E-state index contributed by atoms with van der Waals surface area (Å²) in [5.74, 6) is -0.214. The maximum absolute atomic E-state index is 11.5. The molecule has 0 aliphatic heterocycles. The third kappa shape index (κ3) is 7.06. The summed E-state index contributed by atoms with van der Waals surface area (Å²) in [6.45, 7) is 3.87. The minimum Gasteiger partial charge on any atom is -0.481 e. The van der Waals surface area contributed by atoms with E-state index in [0.29, 0.717) is 5.75 Å². The van der Waals surface area contributed by atoms with Gasteiger partial charge in [-0.3, -0.25) is 9.00 Å². The highest BCUT2D eigenvalue weighted by molar-refractivity contribution is 7.85. The summed E-state index contributed by atoms with van der Waals surface area (Å²) in [7, 11) is -0.970. The van der Waals surface area contributed by atoms with Crippen molar-refractivity contribution in [3.05, 3.63) is 0 Å². The standard InChI is InChI=1S/C10H20O3S/c1-3-4-5-6-7-14(13)9(2)8-10(11)12/h9H,3-8H2,1-2H3,(H,11,12). The van der Waals surface area contributed by atoms with Crippen molar-refractivity contribution in [3.8, 4) is 0 Å². The van der Waals surface area contributed by atoms with Gasteiger partial charge in [-0.15, -0.1) is 0 Å². The molecule has 0 saturated carbocycles. The molecule has 0 rings (SSSR count). The maximum Gasteiger partial charge on any atom is 0.304 e. The van der Waals surface area contributed by atoms with Crippen molar-refractivity contribution in [2.75, 3.05) is 5.75 Å². The average Bonchev–Trinajstić information content (AvgIpc) is 2.11. The fourth-order valence-electron chi connectivity index (χ4n) is 1.21. The first kappa shape index (κ1) is 13.6. The molecule has 0 aromatic rings. The highest BCUT2D eigenvalue weighted by Crippen LogP contribution is 2.06. The summed E-state index contributed by atoms with van der Waals surface area (Å²) in [5, 5.41) is 8.29. The number of hydrogen-bond donors (Lipinski definition) is 1. The molecule has 3 nitrogen and oxygen atoms in total. The summed E-state index contributed by atoms with van der Waals surface area (Å²) >= 11 is 0. The second kappa shape index (κ2) is 7.97. The maximum atomic E-state index is 11.5. The average molecular weight is 220 g/mol. The Labute approximate surface area is 88.4 Å². The van der Waals surface area contributed by atoms with Crippen LogP contribution in [0.2, 0.25) is 0 Å². The summed E-state index contributed by atoms with van der Waals surface area (Å²) in [6, 6.07) is 0. The van der Waals surface area contributed by atoms with Gasteiger partial charge in [-0.1, -0.05) is 33.1 Å². The molecule has 0 bridgehead atoms. The number of unbranched alkanes of at least 4 members (excludes halogenated alkanes) is 3. The minimum atomic E-state index is -0.970. The van der Waals surface area contributed by atoms with Crippen LogP contribution in [0.5, 0.6) is 0 Å². The highest BCUT2D eigenvalue weighted by Gasteiger charge is 2.13.